The van der Waals surface area contributed by atoms with Gasteiger partial charge in [0.1, 0.15) is 5.69 Å². The van der Waals surface area contributed by atoms with Gasteiger partial charge in [-0.25, -0.2) is 14.8 Å². The molecule has 0 aliphatic rings. The molecule has 0 aliphatic heterocycles. The molecule has 0 fully saturated rings. The number of hydrogen-bond acceptors (Lipinski definition) is 6. The van der Waals surface area contributed by atoms with Gasteiger partial charge in [-0.05, 0) is 36.8 Å². The van der Waals surface area contributed by atoms with E-state index in [0.29, 0.717) is 17.8 Å². The van der Waals surface area contributed by atoms with Gasteiger partial charge in [0.2, 0.25) is 5.95 Å². The van der Waals surface area contributed by atoms with Crippen LogP contribution in [0.4, 0.5) is 11.6 Å². The number of aromatic nitrogens is 2. The van der Waals surface area contributed by atoms with Gasteiger partial charge in [0.05, 0.1) is 12.7 Å². The largest absolute Gasteiger partial charge is 0.465 e. The lowest BCUT2D eigenvalue weighted by molar-refractivity contribution is 0.0600. The molecule has 0 atom stereocenters. The molecule has 0 bridgehead atoms. The first-order valence-corrected chi connectivity index (χ1v) is 8.67. The predicted molar refractivity (Wildman–Crippen MR) is 105 cm³/mol. The van der Waals surface area contributed by atoms with E-state index in [1.54, 1.807) is 30.3 Å². The van der Waals surface area contributed by atoms with Gasteiger partial charge in [-0.2, -0.15) is 0 Å². The number of nitrogens with zero attached hydrogens (tertiary/aromatic N) is 2. The Morgan fingerprint density at radius 2 is 1.89 bits per heavy atom. The number of amides is 1. The van der Waals surface area contributed by atoms with Crippen molar-refractivity contribution in [2.24, 2.45) is 0 Å². The molecule has 1 heterocycles. The zero-order valence-electron chi connectivity index (χ0n) is 15.6. The molecule has 3 rings (SSSR count). The summed E-state index contributed by atoms with van der Waals surface area (Å²) in [5, 5.41) is 5.84. The van der Waals surface area contributed by atoms with E-state index in [1.165, 1.54) is 13.3 Å². The quantitative estimate of drug-likeness (QED) is 0.642. The standard InChI is InChI=1S/C21H20N4O3/c1-14-5-3-6-15(11-14)13-23-19(26)18-9-10-22-21(25-18)24-17-8-4-7-16(12-17)20(27)28-2/h3-12H,13H2,1-2H3,(H,23,26)(H,22,24,25). The van der Waals surface area contributed by atoms with Gasteiger partial charge in [0.25, 0.3) is 5.91 Å². The fourth-order valence-electron chi connectivity index (χ4n) is 2.61. The van der Waals surface area contributed by atoms with Gasteiger partial charge in [-0.3, -0.25) is 4.79 Å². The lowest BCUT2D eigenvalue weighted by atomic mass is 10.1. The van der Waals surface area contributed by atoms with Crippen LogP contribution < -0.4 is 10.6 Å². The molecule has 142 valence electrons. The van der Waals surface area contributed by atoms with Crippen molar-refractivity contribution in [2.45, 2.75) is 13.5 Å². The highest BCUT2D eigenvalue weighted by Gasteiger charge is 2.10. The van der Waals surface area contributed by atoms with E-state index in [4.69, 9.17) is 4.74 Å². The maximum atomic E-state index is 12.4. The average Bonchev–Trinajstić information content (AvgIpc) is 2.72. The number of aryl methyl sites for hydroxylation is 1. The molecule has 7 heteroatoms. The van der Waals surface area contributed by atoms with E-state index in [2.05, 4.69) is 20.6 Å². The Kier molecular flexibility index (Phi) is 5.96. The third kappa shape index (κ3) is 4.91. The van der Waals surface area contributed by atoms with Crippen LogP contribution in [0.2, 0.25) is 0 Å². The summed E-state index contributed by atoms with van der Waals surface area (Å²) in [6.07, 6.45) is 1.50. The second-order valence-corrected chi connectivity index (χ2v) is 6.13. The van der Waals surface area contributed by atoms with Crippen LogP contribution >= 0.6 is 0 Å². The summed E-state index contributed by atoms with van der Waals surface area (Å²) in [4.78, 5) is 32.4. The van der Waals surface area contributed by atoms with Gasteiger partial charge < -0.3 is 15.4 Å². The van der Waals surface area contributed by atoms with Crippen LogP contribution in [0.5, 0.6) is 0 Å². The molecule has 7 nitrogen and oxygen atoms in total. The minimum absolute atomic E-state index is 0.245. The van der Waals surface area contributed by atoms with Crippen molar-refractivity contribution in [1.29, 1.82) is 0 Å². The molecule has 0 aliphatic carbocycles. The highest BCUT2D eigenvalue weighted by atomic mass is 16.5. The SMILES string of the molecule is COC(=O)c1cccc(Nc2nccc(C(=O)NCc3cccc(C)c3)n2)c1. The molecule has 2 N–H and O–H groups in total. The summed E-state index contributed by atoms with van der Waals surface area (Å²) in [7, 11) is 1.32. The highest BCUT2D eigenvalue weighted by Crippen LogP contribution is 2.15. The second-order valence-electron chi connectivity index (χ2n) is 6.13. The van der Waals surface area contributed by atoms with Crippen molar-refractivity contribution in [3.05, 3.63) is 83.2 Å². The number of esters is 1. The Morgan fingerprint density at radius 1 is 1.07 bits per heavy atom. The highest BCUT2D eigenvalue weighted by molar-refractivity contribution is 5.92. The zero-order chi connectivity index (χ0) is 19.9. The summed E-state index contributed by atoms with van der Waals surface area (Å²) in [6, 6.07) is 16.2. The molecule has 0 spiro atoms. The average molecular weight is 376 g/mol. The third-order valence-corrected chi connectivity index (χ3v) is 3.96. The Balaban J connectivity index is 1.68. The van der Waals surface area contributed by atoms with Crippen molar-refractivity contribution in [3.63, 3.8) is 0 Å². The van der Waals surface area contributed by atoms with Crippen LogP contribution in [0.15, 0.2) is 60.8 Å². The van der Waals surface area contributed by atoms with Crippen LogP contribution in [0, 0.1) is 6.92 Å². The third-order valence-electron chi connectivity index (χ3n) is 3.96. The summed E-state index contributed by atoms with van der Waals surface area (Å²) >= 11 is 0. The Bertz CT molecular complexity index is 1000. The molecule has 0 unspecified atom stereocenters. The normalized spacial score (nSPS) is 10.2. The minimum Gasteiger partial charge on any atom is -0.465 e. The monoisotopic (exact) mass is 376 g/mol. The number of anilines is 2. The van der Waals surface area contributed by atoms with E-state index in [9.17, 15) is 9.59 Å². The number of hydrogen-bond donors (Lipinski definition) is 2. The number of carbonyl (C=O) groups is 2. The molecule has 0 saturated carbocycles. The summed E-state index contributed by atoms with van der Waals surface area (Å²) in [5.41, 5.74) is 3.41. The van der Waals surface area contributed by atoms with E-state index in [1.807, 2.05) is 31.2 Å². The van der Waals surface area contributed by atoms with Crippen molar-refractivity contribution in [3.8, 4) is 0 Å². The van der Waals surface area contributed by atoms with Crippen LogP contribution in [0.3, 0.4) is 0 Å². The summed E-state index contributed by atoms with van der Waals surface area (Å²) < 4.78 is 4.71. The van der Waals surface area contributed by atoms with Crippen LogP contribution in [0.25, 0.3) is 0 Å². The molecule has 2 aromatic carbocycles. The van der Waals surface area contributed by atoms with Crippen LogP contribution in [-0.4, -0.2) is 29.0 Å². The van der Waals surface area contributed by atoms with E-state index < -0.39 is 5.97 Å². The van der Waals surface area contributed by atoms with Crippen LogP contribution in [-0.2, 0) is 11.3 Å². The number of benzene rings is 2. The van der Waals surface area contributed by atoms with E-state index in [0.717, 1.165) is 11.1 Å². The van der Waals surface area contributed by atoms with Crippen molar-refractivity contribution >= 4 is 23.5 Å². The van der Waals surface area contributed by atoms with Crippen molar-refractivity contribution < 1.29 is 14.3 Å². The van der Waals surface area contributed by atoms with Crippen LogP contribution in [0.1, 0.15) is 32.0 Å². The number of methoxy groups -OCH3 is 1. The minimum atomic E-state index is -0.436. The fourth-order valence-corrected chi connectivity index (χ4v) is 2.61. The fraction of sp³-hybridized carbons (Fsp3) is 0.143. The lowest BCUT2D eigenvalue weighted by Gasteiger charge is -2.09. The lowest BCUT2D eigenvalue weighted by Crippen LogP contribution is -2.24. The first kappa shape index (κ1) is 19.0. The second kappa shape index (κ2) is 8.77. The first-order chi connectivity index (χ1) is 13.5. The predicted octanol–water partition coefficient (Wildman–Crippen LogP) is 3.25. The van der Waals surface area contributed by atoms with E-state index >= 15 is 0 Å². The summed E-state index contributed by atoms with van der Waals surface area (Å²) in [5.74, 6) is -0.477. The molecule has 0 radical (unpaired) electrons. The number of carbonyl (C=O) groups excluding carboxylic acids is 2. The maximum Gasteiger partial charge on any atom is 0.337 e. The Hall–Kier alpha value is -3.74. The van der Waals surface area contributed by atoms with Gasteiger partial charge >= 0.3 is 5.97 Å². The van der Waals surface area contributed by atoms with Crippen molar-refractivity contribution in [1.82, 2.24) is 15.3 Å². The Labute approximate surface area is 162 Å². The van der Waals surface area contributed by atoms with Gasteiger partial charge in [-0.15, -0.1) is 0 Å². The zero-order valence-corrected chi connectivity index (χ0v) is 15.6. The molecule has 28 heavy (non-hydrogen) atoms. The number of nitrogens with one attached hydrogen (secondary N) is 2. The smallest absolute Gasteiger partial charge is 0.337 e. The molecule has 0 saturated heterocycles. The number of rotatable bonds is 6. The molecule has 3 aromatic rings. The number of ether oxygens (including phenoxy) is 1. The maximum absolute atomic E-state index is 12.4. The van der Waals surface area contributed by atoms with Gasteiger partial charge in [0.15, 0.2) is 0 Å². The van der Waals surface area contributed by atoms with Gasteiger partial charge in [-0.1, -0.05) is 35.9 Å². The Morgan fingerprint density at radius 3 is 2.68 bits per heavy atom. The molecule has 1 aromatic heterocycles. The van der Waals surface area contributed by atoms with Crippen molar-refractivity contribution in [2.75, 3.05) is 12.4 Å². The topological polar surface area (TPSA) is 93.2 Å². The van der Waals surface area contributed by atoms with Gasteiger partial charge in [0, 0.05) is 18.4 Å². The molecule has 1 amide bonds. The molecular weight excluding hydrogens is 356 g/mol. The summed E-state index contributed by atoms with van der Waals surface area (Å²) in [6.45, 7) is 2.41. The molecular formula is C21H20N4O3. The first-order valence-electron chi connectivity index (χ1n) is 8.67. The van der Waals surface area contributed by atoms with E-state index in [-0.39, 0.29) is 17.5 Å².